The summed E-state index contributed by atoms with van der Waals surface area (Å²) in [6, 6.07) is 0. The van der Waals surface area contributed by atoms with E-state index in [1.807, 2.05) is 19.9 Å². The number of Topliss-reactive ketones (excluding diaryl/α,β-unsaturated/α-hetero) is 1. The molecule has 42 heavy (non-hydrogen) atoms. The maximum atomic E-state index is 13.8. The molecule has 4 saturated carbocycles. The van der Waals surface area contributed by atoms with Gasteiger partial charge in [-0.3, -0.25) is 14.4 Å². The first kappa shape index (κ1) is 32.6. The van der Waals surface area contributed by atoms with Gasteiger partial charge >= 0.3 is 11.9 Å². The van der Waals surface area contributed by atoms with Crippen molar-refractivity contribution in [3.05, 3.63) is 11.8 Å². The van der Waals surface area contributed by atoms with E-state index in [-0.39, 0.29) is 12.3 Å². The first-order valence-corrected chi connectivity index (χ1v) is 15.4. The predicted octanol–water partition coefficient (Wildman–Crippen LogP) is 2.89. The molecule has 0 amide bonds. The predicted molar refractivity (Wildman–Crippen MR) is 151 cm³/mol. The number of allylic oxidation sites excluding steroid dienone is 1. The van der Waals surface area contributed by atoms with Crippen LogP contribution in [0.25, 0.3) is 0 Å². The average molecular weight is 593 g/mol. The van der Waals surface area contributed by atoms with E-state index in [1.165, 1.54) is 27.9 Å². The van der Waals surface area contributed by atoms with Crippen LogP contribution in [0.4, 0.5) is 0 Å². The smallest absolute Gasteiger partial charge is 0.303 e. The molecule has 4 fully saturated rings. The quantitative estimate of drug-likeness (QED) is 0.320. The van der Waals surface area contributed by atoms with Crippen molar-refractivity contribution in [1.29, 1.82) is 0 Å². The molecule has 0 heterocycles. The molecule has 10 heteroatoms. The molecule has 0 aromatic carbocycles. The molecule has 11 unspecified atom stereocenters. The Hall–Kier alpha value is -2.30. The van der Waals surface area contributed by atoms with Gasteiger partial charge in [0.2, 0.25) is 0 Å². The number of aliphatic hydroxyl groups is 3. The van der Waals surface area contributed by atoms with Gasteiger partial charge in [-0.2, -0.15) is 0 Å². The Morgan fingerprint density at radius 1 is 1.00 bits per heavy atom. The van der Waals surface area contributed by atoms with E-state index in [0.717, 1.165) is 0 Å². The number of hydrogen-bond donors (Lipinski definition) is 3. The topological polar surface area (TPSA) is 157 Å². The molecule has 0 saturated heterocycles. The molecule has 3 N–H and O–H groups in total. The van der Waals surface area contributed by atoms with Crippen LogP contribution in [-0.4, -0.2) is 75.4 Å². The summed E-state index contributed by atoms with van der Waals surface area (Å²) < 4.78 is 17.9. The lowest BCUT2D eigenvalue weighted by atomic mass is 9.48. The second-order valence-corrected chi connectivity index (χ2v) is 13.2. The van der Waals surface area contributed by atoms with Crippen molar-refractivity contribution in [2.24, 2.45) is 40.9 Å². The first-order valence-electron chi connectivity index (χ1n) is 15.4. The van der Waals surface area contributed by atoms with Gasteiger partial charge in [0.1, 0.15) is 28.7 Å². The summed E-state index contributed by atoms with van der Waals surface area (Å²) in [5.74, 6) is -4.14. The summed E-state index contributed by atoms with van der Waals surface area (Å²) in [6.07, 6.45) is 2.59. The van der Waals surface area contributed by atoms with Crippen molar-refractivity contribution in [1.82, 2.24) is 0 Å². The van der Waals surface area contributed by atoms with Gasteiger partial charge in [0.05, 0.1) is 24.5 Å². The van der Waals surface area contributed by atoms with E-state index < -0.39 is 81.7 Å². The number of aliphatic hydroxyl groups excluding tert-OH is 2. The van der Waals surface area contributed by atoms with E-state index >= 15 is 0 Å². The van der Waals surface area contributed by atoms with Gasteiger partial charge < -0.3 is 34.3 Å². The molecule has 0 radical (unpaired) electrons. The highest BCUT2D eigenvalue weighted by molar-refractivity contribution is 5.88. The van der Waals surface area contributed by atoms with E-state index in [1.54, 1.807) is 6.92 Å². The Balaban J connectivity index is 0.00000198. The van der Waals surface area contributed by atoms with Crippen molar-refractivity contribution in [2.75, 3.05) is 7.11 Å². The van der Waals surface area contributed by atoms with Crippen LogP contribution >= 0.6 is 0 Å². The number of methoxy groups -OCH3 is 1. The lowest BCUT2D eigenvalue weighted by molar-refractivity contribution is -0.241. The minimum absolute atomic E-state index is 0.101. The molecular weight excluding hydrogens is 544 g/mol. The fraction of sp³-hybridized carbons (Fsp3) is 0.812. The zero-order valence-electron chi connectivity index (χ0n) is 25.9. The van der Waals surface area contributed by atoms with Crippen LogP contribution in [0.15, 0.2) is 11.8 Å². The maximum absolute atomic E-state index is 13.8. The number of rotatable bonds is 5. The zero-order chi connectivity index (χ0) is 31.4. The SMILES string of the molecule is CC.COC1=CCC2C(CC3C4C(O)C(=O)C5CC[C@H](O)CC5(OC(C)=O)C4CCC32OC(C)=O)C1(C)C(C)(O)C=O. The standard InChI is InChI=1S/C30H42O10.C2H6/c1-15(32)39-29-11-10-19-24(26(36)25(35)20-7-6-17(34)13-30(19,20)40-16(2)33)22(29)12-21-18(29)8-9-23(38-5)28(21,4)27(3,37)14-31;1-2/h9,14,17-22,24,26,34,36-37H,6-8,10-13H2,1-5H3;1-2H3/t17-,18?,19?,20?,21?,22?,24?,26?,27?,28?,29?,30?;/m0./s1. The van der Waals surface area contributed by atoms with E-state index in [4.69, 9.17) is 14.2 Å². The molecule has 0 bridgehead atoms. The number of hydrogen-bond acceptors (Lipinski definition) is 10. The lowest BCUT2D eigenvalue weighted by Crippen LogP contribution is -2.69. The zero-order valence-corrected chi connectivity index (χ0v) is 25.9. The minimum Gasteiger partial charge on any atom is -0.501 e. The molecule has 0 spiro atoms. The van der Waals surface area contributed by atoms with Crippen LogP contribution < -0.4 is 0 Å². The number of aldehydes is 1. The van der Waals surface area contributed by atoms with Gasteiger partial charge in [0.15, 0.2) is 12.1 Å². The number of ketones is 1. The van der Waals surface area contributed by atoms with Crippen molar-refractivity contribution in [3.63, 3.8) is 0 Å². The first-order chi connectivity index (χ1) is 19.7. The Morgan fingerprint density at radius 3 is 2.19 bits per heavy atom. The highest BCUT2D eigenvalue weighted by Crippen LogP contribution is 2.69. The van der Waals surface area contributed by atoms with Crippen LogP contribution in [0.3, 0.4) is 0 Å². The third kappa shape index (κ3) is 4.46. The third-order valence-corrected chi connectivity index (χ3v) is 11.6. The summed E-state index contributed by atoms with van der Waals surface area (Å²) in [5, 5.41) is 33.8. The van der Waals surface area contributed by atoms with Crippen LogP contribution in [0.1, 0.15) is 86.5 Å². The number of carbonyl (C=O) groups is 4. The maximum Gasteiger partial charge on any atom is 0.303 e. The normalized spacial score (nSPS) is 45.2. The van der Waals surface area contributed by atoms with Gasteiger partial charge in [-0.25, -0.2) is 0 Å². The molecule has 10 nitrogen and oxygen atoms in total. The molecule has 0 aliphatic heterocycles. The molecule has 0 aromatic rings. The van der Waals surface area contributed by atoms with Gasteiger partial charge in [-0.15, -0.1) is 0 Å². The van der Waals surface area contributed by atoms with Gasteiger partial charge in [0.25, 0.3) is 0 Å². The molecular formula is C32H48O10. The Labute approximate surface area is 248 Å². The number of fused-ring (bicyclic) bond motifs is 7. The molecule has 5 aliphatic rings. The highest BCUT2D eigenvalue weighted by Gasteiger charge is 2.74. The fourth-order valence-corrected chi connectivity index (χ4v) is 9.97. The monoisotopic (exact) mass is 592 g/mol. The van der Waals surface area contributed by atoms with Crippen LogP contribution in [-0.2, 0) is 33.4 Å². The van der Waals surface area contributed by atoms with Crippen molar-refractivity contribution >= 4 is 24.0 Å². The molecule has 12 atom stereocenters. The van der Waals surface area contributed by atoms with Crippen molar-refractivity contribution in [2.45, 2.75) is 115 Å². The molecule has 5 aliphatic carbocycles. The molecule has 5 rings (SSSR count). The van der Waals surface area contributed by atoms with Crippen molar-refractivity contribution < 1.29 is 48.7 Å². The Morgan fingerprint density at radius 2 is 1.62 bits per heavy atom. The average Bonchev–Trinajstić information content (AvgIpc) is 3.26. The van der Waals surface area contributed by atoms with Crippen LogP contribution in [0.2, 0.25) is 0 Å². The largest absolute Gasteiger partial charge is 0.501 e. The van der Waals surface area contributed by atoms with E-state index in [9.17, 15) is 34.5 Å². The van der Waals surface area contributed by atoms with Gasteiger partial charge in [0, 0.05) is 43.9 Å². The van der Waals surface area contributed by atoms with Crippen LogP contribution in [0, 0.1) is 40.9 Å². The Kier molecular flexibility index (Phi) is 8.79. The van der Waals surface area contributed by atoms with Crippen molar-refractivity contribution in [3.8, 4) is 0 Å². The number of esters is 2. The summed E-state index contributed by atoms with van der Waals surface area (Å²) >= 11 is 0. The summed E-state index contributed by atoms with van der Waals surface area (Å²) in [6.45, 7) is 9.85. The van der Waals surface area contributed by atoms with Crippen LogP contribution in [0.5, 0.6) is 0 Å². The second-order valence-electron chi connectivity index (χ2n) is 13.2. The summed E-state index contributed by atoms with van der Waals surface area (Å²) in [5.41, 5.74) is -5.34. The summed E-state index contributed by atoms with van der Waals surface area (Å²) in [4.78, 5) is 51.1. The van der Waals surface area contributed by atoms with E-state index in [2.05, 4.69) is 0 Å². The van der Waals surface area contributed by atoms with E-state index in [0.29, 0.717) is 50.6 Å². The molecule has 0 aromatic heterocycles. The number of carbonyl (C=O) groups excluding carboxylic acids is 4. The third-order valence-electron chi connectivity index (χ3n) is 11.6. The van der Waals surface area contributed by atoms with Gasteiger partial charge in [-0.05, 0) is 64.4 Å². The van der Waals surface area contributed by atoms with Gasteiger partial charge in [-0.1, -0.05) is 13.8 Å². The molecule has 236 valence electrons. The fourth-order valence-electron chi connectivity index (χ4n) is 9.97. The Bertz CT molecular complexity index is 1130. The minimum atomic E-state index is -1.82. The highest BCUT2D eigenvalue weighted by atomic mass is 16.6. The lowest BCUT2D eigenvalue weighted by Gasteiger charge is -2.61. The second kappa shape index (κ2) is 11.3. The number of ether oxygens (including phenoxy) is 3. The summed E-state index contributed by atoms with van der Waals surface area (Å²) in [7, 11) is 1.49.